The van der Waals surface area contributed by atoms with E-state index >= 15 is 0 Å². The second kappa shape index (κ2) is 10.8. The normalized spacial score (nSPS) is 10.6. The molecule has 0 atom stereocenters. The molecular formula is C29H26N2O5. The molecule has 4 rings (SSSR count). The SMILES string of the molecule is COc1nc(OCc2cccc(-c3cccc(-c4ccc(C=O)c(OC)n4)c3C)c2C)ccc1C=O. The third kappa shape index (κ3) is 4.81. The number of rotatable bonds is 9. The lowest BCUT2D eigenvalue weighted by Crippen LogP contribution is -2.03. The zero-order valence-corrected chi connectivity index (χ0v) is 20.6. The summed E-state index contributed by atoms with van der Waals surface area (Å²) in [7, 11) is 2.97. The van der Waals surface area contributed by atoms with E-state index in [1.165, 1.54) is 14.2 Å². The Balaban J connectivity index is 1.66. The van der Waals surface area contributed by atoms with E-state index in [1.54, 1.807) is 18.2 Å². The van der Waals surface area contributed by atoms with Crippen LogP contribution in [-0.4, -0.2) is 36.8 Å². The molecule has 2 heterocycles. The number of methoxy groups -OCH3 is 2. The van der Waals surface area contributed by atoms with Crippen molar-refractivity contribution in [3.05, 3.63) is 88.5 Å². The maximum absolute atomic E-state index is 11.3. The molecule has 7 nitrogen and oxygen atoms in total. The van der Waals surface area contributed by atoms with Crippen molar-refractivity contribution < 1.29 is 23.8 Å². The number of aldehydes is 2. The van der Waals surface area contributed by atoms with Crippen LogP contribution in [0.15, 0.2) is 60.7 Å². The largest absolute Gasteiger partial charge is 0.480 e. The molecule has 182 valence electrons. The monoisotopic (exact) mass is 482 g/mol. The molecule has 7 heteroatoms. The van der Waals surface area contributed by atoms with Crippen LogP contribution < -0.4 is 14.2 Å². The predicted octanol–water partition coefficient (Wildman–Crippen LogP) is 5.65. The minimum atomic E-state index is 0.229. The minimum absolute atomic E-state index is 0.229. The van der Waals surface area contributed by atoms with Crippen molar-refractivity contribution in [3.8, 4) is 40.0 Å². The first kappa shape index (κ1) is 24.6. The van der Waals surface area contributed by atoms with Crippen LogP contribution in [0.5, 0.6) is 17.6 Å². The molecule has 36 heavy (non-hydrogen) atoms. The average Bonchev–Trinajstić information content (AvgIpc) is 2.92. The zero-order valence-electron chi connectivity index (χ0n) is 20.6. The first-order valence-corrected chi connectivity index (χ1v) is 11.3. The maximum Gasteiger partial charge on any atom is 0.227 e. The van der Waals surface area contributed by atoms with Crippen molar-refractivity contribution in [1.29, 1.82) is 0 Å². The van der Waals surface area contributed by atoms with Crippen LogP contribution in [0.25, 0.3) is 22.4 Å². The van der Waals surface area contributed by atoms with E-state index in [4.69, 9.17) is 14.2 Å². The summed E-state index contributed by atoms with van der Waals surface area (Å²) in [4.78, 5) is 31.2. The fraction of sp³-hybridized carbons (Fsp3) is 0.172. The van der Waals surface area contributed by atoms with E-state index in [0.29, 0.717) is 35.8 Å². The molecule has 0 radical (unpaired) electrons. The van der Waals surface area contributed by atoms with Crippen molar-refractivity contribution in [2.24, 2.45) is 0 Å². The molecule has 0 aliphatic carbocycles. The first-order chi connectivity index (χ1) is 17.5. The summed E-state index contributed by atoms with van der Waals surface area (Å²) < 4.78 is 16.4. The number of pyridine rings is 2. The summed E-state index contributed by atoms with van der Waals surface area (Å²) in [6.45, 7) is 4.42. The van der Waals surface area contributed by atoms with Crippen LogP contribution in [0.1, 0.15) is 37.4 Å². The van der Waals surface area contributed by atoms with Gasteiger partial charge in [-0.1, -0.05) is 36.4 Å². The van der Waals surface area contributed by atoms with Gasteiger partial charge in [-0.2, -0.15) is 4.98 Å². The second-order valence-corrected chi connectivity index (χ2v) is 8.14. The molecule has 0 spiro atoms. The van der Waals surface area contributed by atoms with Crippen molar-refractivity contribution in [1.82, 2.24) is 9.97 Å². The summed E-state index contributed by atoms with van der Waals surface area (Å²) >= 11 is 0. The van der Waals surface area contributed by atoms with Crippen LogP contribution in [0.2, 0.25) is 0 Å². The third-order valence-corrected chi connectivity index (χ3v) is 6.12. The molecule has 0 aliphatic rings. The number of aromatic nitrogens is 2. The van der Waals surface area contributed by atoms with Crippen LogP contribution >= 0.6 is 0 Å². The van der Waals surface area contributed by atoms with Gasteiger partial charge < -0.3 is 14.2 Å². The van der Waals surface area contributed by atoms with Gasteiger partial charge in [0.2, 0.25) is 17.6 Å². The summed E-state index contributed by atoms with van der Waals surface area (Å²) in [6.07, 6.45) is 1.43. The van der Waals surface area contributed by atoms with E-state index in [9.17, 15) is 9.59 Å². The van der Waals surface area contributed by atoms with Gasteiger partial charge in [-0.15, -0.1) is 0 Å². The van der Waals surface area contributed by atoms with E-state index in [-0.39, 0.29) is 5.88 Å². The number of carbonyl (C=O) groups excluding carboxylic acids is 2. The molecule has 0 amide bonds. The Labute approximate surface area is 209 Å². The van der Waals surface area contributed by atoms with Crippen molar-refractivity contribution in [3.63, 3.8) is 0 Å². The summed E-state index contributed by atoms with van der Waals surface area (Å²) in [6, 6.07) is 19.0. The van der Waals surface area contributed by atoms with Crippen LogP contribution in [0, 0.1) is 13.8 Å². The van der Waals surface area contributed by atoms with E-state index in [1.807, 2.05) is 30.3 Å². The molecule has 0 unspecified atom stereocenters. The average molecular weight is 483 g/mol. The first-order valence-electron chi connectivity index (χ1n) is 11.3. The highest BCUT2D eigenvalue weighted by Gasteiger charge is 2.15. The Hall–Kier alpha value is -4.52. The predicted molar refractivity (Wildman–Crippen MR) is 137 cm³/mol. The van der Waals surface area contributed by atoms with Crippen molar-refractivity contribution in [2.45, 2.75) is 20.5 Å². The highest BCUT2D eigenvalue weighted by atomic mass is 16.5. The van der Waals surface area contributed by atoms with Crippen LogP contribution in [0.4, 0.5) is 0 Å². The molecule has 0 aliphatic heterocycles. The highest BCUT2D eigenvalue weighted by Crippen LogP contribution is 2.34. The van der Waals surface area contributed by atoms with E-state index in [2.05, 4.69) is 35.9 Å². The molecule has 0 N–H and O–H groups in total. The van der Waals surface area contributed by atoms with Gasteiger partial charge in [0, 0.05) is 11.6 Å². The van der Waals surface area contributed by atoms with E-state index < -0.39 is 0 Å². The molecule has 0 bridgehead atoms. The lowest BCUT2D eigenvalue weighted by atomic mass is 9.90. The Morgan fingerprint density at radius 1 is 0.694 bits per heavy atom. The Morgan fingerprint density at radius 2 is 1.28 bits per heavy atom. The minimum Gasteiger partial charge on any atom is -0.480 e. The lowest BCUT2D eigenvalue weighted by Gasteiger charge is -2.16. The quantitative estimate of drug-likeness (QED) is 0.285. The van der Waals surface area contributed by atoms with E-state index in [0.717, 1.165) is 45.4 Å². The van der Waals surface area contributed by atoms with Crippen LogP contribution in [0.3, 0.4) is 0 Å². The molecule has 0 saturated carbocycles. The number of hydrogen-bond donors (Lipinski definition) is 0. The molecular weight excluding hydrogens is 456 g/mol. The maximum atomic E-state index is 11.3. The fourth-order valence-corrected chi connectivity index (χ4v) is 4.11. The van der Waals surface area contributed by atoms with Gasteiger partial charge in [0.05, 0.1) is 31.0 Å². The molecule has 0 fully saturated rings. The second-order valence-electron chi connectivity index (χ2n) is 8.14. The van der Waals surface area contributed by atoms with Gasteiger partial charge in [-0.05, 0) is 59.9 Å². The third-order valence-electron chi connectivity index (χ3n) is 6.12. The number of benzene rings is 2. The molecule has 2 aromatic heterocycles. The Kier molecular flexibility index (Phi) is 7.39. The number of ether oxygens (including phenoxy) is 3. The number of carbonyl (C=O) groups is 2. The Bertz CT molecular complexity index is 1430. The topological polar surface area (TPSA) is 87.6 Å². The van der Waals surface area contributed by atoms with Gasteiger partial charge in [0.15, 0.2) is 12.6 Å². The lowest BCUT2D eigenvalue weighted by molar-refractivity contribution is 0.111. The smallest absolute Gasteiger partial charge is 0.227 e. The number of nitrogens with zero attached hydrogens (tertiary/aromatic N) is 2. The zero-order chi connectivity index (χ0) is 25.7. The summed E-state index contributed by atoms with van der Waals surface area (Å²) in [5.74, 6) is 0.903. The Morgan fingerprint density at radius 3 is 1.94 bits per heavy atom. The van der Waals surface area contributed by atoms with Gasteiger partial charge in [-0.25, -0.2) is 4.98 Å². The number of hydrogen-bond acceptors (Lipinski definition) is 7. The fourth-order valence-electron chi connectivity index (χ4n) is 4.11. The standard InChI is InChI=1S/C29H26N2O5/c1-18-22(17-36-27-14-12-21(16-33)29(31-27)35-4)7-5-8-23(18)24-9-6-10-25(19(24)2)26-13-11-20(15-32)28(30-26)34-3/h5-16H,17H2,1-4H3. The van der Waals surface area contributed by atoms with Gasteiger partial charge in [-0.3, -0.25) is 9.59 Å². The highest BCUT2D eigenvalue weighted by molar-refractivity contribution is 5.82. The van der Waals surface area contributed by atoms with Crippen molar-refractivity contribution in [2.75, 3.05) is 14.2 Å². The molecule has 4 aromatic rings. The molecule has 2 aromatic carbocycles. The van der Waals surface area contributed by atoms with Gasteiger partial charge in [0.1, 0.15) is 6.61 Å². The van der Waals surface area contributed by atoms with Gasteiger partial charge in [0.25, 0.3) is 0 Å². The van der Waals surface area contributed by atoms with Crippen LogP contribution in [-0.2, 0) is 6.61 Å². The summed E-state index contributed by atoms with van der Waals surface area (Å²) in [5.41, 5.74) is 7.75. The van der Waals surface area contributed by atoms with Gasteiger partial charge >= 0.3 is 0 Å². The van der Waals surface area contributed by atoms with Crippen molar-refractivity contribution >= 4 is 12.6 Å². The molecule has 0 saturated heterocycles. The summed E-state index contributed by atoms with van der Waals surface area (Å²) in [5, 5.41) is 0.